The molecule has 0 bridgehead atoms. The SMILES string of the molecule is Cc1c2ccccc2c(C)c2cc(C(=O)[O-])ccc12.[Li+]. The number of aromatic carboxylic acids is 1. The number of fused-ring (bicyclic) bond motifs is 2. The third-order valence-corrected chi connectivity index (χ3v) is 3.80. The van der Waals surface area contributed by atoms with Gasteiger partial charge in [0.05, 0.1) is 5.97 Å². The summed E-state index contributed by atoms with van der Waals surface area (Å²) in [5.41, 5.74) is 2.52. The summed E-state index contributed by atoms with van der Waals surface area (Å²) in [5.74, 6) is -1.13. The minimum atomic E-state index is -1.13. The van der Waals surface area contributed by atoms with Crippen molar-refractivity contribution in [3.8, 4) is 0 Å². The molecule has 0 saturated carbocycles. The number of benzene rings is 3. The predicted octanol–water partition coefficient (Wildman–Crippen LogP) is -0.0227. The van der Waals surface area contributed by atoms with Crippen LogP contribution in [0.3, 0.4) is 0 Å². The quantitative estimate of drug-likeness (QED) is 0.453. The Kier molecular flexibility index (Phi) is 3.90. The molecule has 0 aliphatic rings. The van der Waals surface area contributed by atoms with E-state index in [2.05, 4.69) is 19.1 Å². The van der Waals surface area contributed by atoms with Crippen LogP contribution in [0.1, 0.15) is 21.5 Å². The first-order chi connectivity index (χ1) is 9.09. The Morgan fingerprint density at radius 3 is 1.90 bits per heavy atom. The summed E-state index contributed by atoms with van der Waals surface area (Å²) in [7, 11) is 0. The van der Waals surface area contributed by atoms with Gasteiger partial charge in [-0.2, -0.15) is 0 Å². The van der Waals surface area contributed by atoms with E-state index >= 15 is 0 Å². The number of aryl methyl sites for hydroxylation is 2. The van der Waals surface area contributed by atoms with Crippen molar-refractivity contribution in [3.63, 3.8) is 0 Å². The van der Waals surface area contributed by atoms with Crippen molar-refractivity contribution < 1.29 is 28.8 Å². The molecule has 0 radical (unpaired) electrons. The van der Waals surface area contributed by atoms with E-state index in [0.29, 0.717) is 0 Å². The Hall–Kier alpha value is -1.75. The van der Waals surface area contributed by atoms with Crippen LogP contribution in [-0.2, 0) is 0 Å². The van der Waals surface area contributed by atoms with Gasteiger partial charge in [-0.3, -0.25) is 0 Å². The molecule has 3 heteroatoms. The Morgan fingerprint density at radius 1 is 0.850 bits per heavy atom. The summed E-state index contributed by atoms with van der Waals surface area (Å²) < 4.78 is 0. The standard InChI is InChI=1S/C17H14O2.Li/c1-10-13-5-3-4-6-14(13)11(2)16-9-12(17(18)19)7-8-15(10)16;/h3-9H,1-2H3,(H,18,19);/q;+1/p-1. The predicted molar refractivity (Wildman–Crippen MR) is 75.3 cm³/mol. The van der Waals surface area contributed by atoms with Gasteiger partial charge in [-0.1, -0.05) is 36.4 Å². The zero-order chi connectivity index (χ0) is 13.6. The molecule has 0 aliphatic carbocycles. The fourth-order valence-electron chi connectivity index (χ4n) is 2.74. The van der Waals surface area contributed by atoms with Crippen molar-refractivity contribution in [3.05, 3.63) is 59.2 Å². The van der Waals surface area contributed by atoms with Gasteiger partial charge in [-0.05, 0) is 58.1 Å². The maximum atomic E-state index is 11.0. The number of rotatable bonds is 1. The van der Waals surface area contributed by atoms with Crippen LogP contribution in [0.25, 0.3) is 21.5 Å². The molecular weight excluding hydrogens is 243 g/mol. The second-order valence-electron chi connectivity index (χ2n) is 4.84. The first-order valence-corrected chi connectivity index (χ1v) is 6.22. The minimum Gasteiger partial charge on any atom is -0.545 e. The Morgan fingerprint density at radius 2 is 1.35 bits per heavy atom. The van der Waals surface area contributed by atoms with Gasteiger partial charge in [0.2, 0.25) is 0 Å². The molecule has 0 N–H and O–H groups in total. The molecule has 0 aliphatic heterocycles. The van der Waals surface area contributed by atoms with E-state index in [1.54, 1.807) is 12.1 Å². The number of carbonyl (C=O) groups excluding carboxylic acids is 1. The first kappa shape index (κ1) is 14.7. The molecule has 0 fully saturated rings. The van der Waals surface area contributed by atoms with Crippen molar-refractivity contribution in [2.24, 2.45) is 0 Å². The summed E-state index contributed by atoms with van der Waals surface area (Å²) in [6.45, 7) is 4.10. The number of carbonyl (C=O) groups is 1. The maximum absolute atomic E-state index is 11.0. The molecule has 0 atom stereocenters. The molecule has 20 heavy (non-hydrogen) atoms. The van der Waals surface area contributed by atoms with Crippen LogP contribution >= 0.6 is 0 Å². The Balaban J connectivity index is 0.00000147. The van der Waals surface area contributed by atoms with Crippen molar-refractivity contribution in [2.75, 3.05) is 0 Å². The van der Waals surface area contributed by atoms with Crippen LogP contribution in [0.2, 0.25) is 0 Å². The third kappa shape index (κ3) is 2.12. The monoisotopic (exact) mass is 256 g/mol. The third-order valence-electron chi connectivity index (χ3n) is 3.80. The van der Waals surface area contributed by atoms with Crippen molar-refractivity contribution in [2.45, 2.75) is 13.8 Å². The molecule has 0 spiro atoms. The fourth-order valence-corrected chi connectivity index (χ4v) is 2.74. The van der Waals surface area contributed by atoms with Gasteiger partial charge in [0.15, 0.2) is 0 Å². The molecule has 0 unspecified atom stereocenters. The molecule has 0 aromatic heterocycles. The van der Waals surface area contributed by atoms with Crippen LogP contribution in [0.15, 0.2) is 42.5 Å². The van der Waals surface area contributed by atoms with Gasteiger partial charge >= 0.3 is 18.9 Å². The number of hydrogen-bond donors (Lipinski definition) is 0. The van der Waals surface area contributed by atoms with E-state index in [1.807, 2.05) is 25.1 Å². The Bertz CT molecular complexity index is 822. The van der Waals surface area contributed by atoms with Gasteiger partial charge in [-0.25, -0.2) is 0 Å². The first-order valence-electron chi connectivity index (χ1n) is 6.22. The van der Waals surface area contributed by atoms with Crippen molar-refractivity contribution >= 4 is 27.5 Å². The zero-order valence-corrected chi connectivity index (χ0v) is 11.9. The van der Waals surface area contributed by atoms with E-state index in [1.165, 1.54) is 16.3 Å². The van der Waals surface area contributed by atoms with E-state index in [4.69, 9.17) is 0 Å². The second-order valence-corrected chi connectivity index (χ2v) is 4.84. The summed E-state index contributed by atoms with van der Waals surface area (Å²) in [4.78, 5) is 11.0. The summed E-state index contributed by atoms with van der Waals surface area (Å²) in [5, 5.41) is 15.5. The minimum absolute atomic E-state index is 0. The molecule has 0 saturated heterocycles. The van der Waals surface area contributed by atoms with Gasteiger partial charge in [0.25, 0.3) is 0 Å². The molecule has 2 nitrogen and oxygen atoms in total. The summed E-state index contributed by atoms with van der Waals surface area (Å²) >= 11 is 0. The molecule has 0 amide bonds. The summed E-state index contributed by atoms with van der Waals surface area (Å²) in [6, 6.07) is 13.4. The molecule has 3 aromatic carbocycles. The maximum Gasteiger partial charge on any atom is 1.00 e. The van der Waals surface area contributed by atoms with Gasteiger partial charge < -0.3 is 9.90 Å². The van der Waals surface area contributed by atoms with E-state index in [9.17, 15) is 9.90 Å². The molecule has 3 rings (SSSR count). The second kappa shape index (κ2) is 5.32. The van der Waals surface area contributed by atoms with E-state index < -0.39 is 5.97 Å². The van der Waals surface area contributed by atoms with Crippen molar-refractivity contribution in [1.82, 2.24) is 0 Å². The smallest absolute Gasteiger partial charge is 0.545 e. The van der Waals surface area contributed by atoms with Gasteiger partial charge in [0, 0.05) is 0 Å². The zero-order valence-electron chi connectivity index (χ0n) is 11.9. The molecule has 94 valence electrons. The Labute approximate surface area is 129 Å². The average Bonchev–Trinajstić information content (AvgIpc) is 2.44. The van der Waals surface area contributed by atoms with Crippen LogP contribution in [-0.4, -0.2) is 5.97 Å². The van der Waals surface area contributed by atoms with Crippen LogP contribution < -0.4 is 24.0 Å². The molecule has 3 aromatic rings. The van der Waals surface area contributed by atoms with E-state index in [-0.39, 0.29) is 24.4 Å². The number of carboxylic acid groups (broad SMARTS) is 1. The average molecular weight is 256 g/mol. The normalized spacial score (nSPS) is 10.5. The van der Waals surface area contributed by atoms with Crippen LogP contribution in [0, 0.1) is 13.8 Å². The van der Waals surface area contributed by atoms with Gasteiger partial charge in [-0.15, -0.1) is 0 Å². The summed E-state index contributed by atoms with van der Waals surface area (Å²) in [6.07, 6.45) is 0. The largest absolute Gasteiger partial charge is 1.00 e. The topological polar surface area (TPSA) is 40.1 Å². The van der Waals surface area contributed by atoms with E-state index in [0.717, 1.165) is 16.3 Å². The van der Waals surface area contributed by atoms with Crippen LogP contribution in [0.5, 0.6) is 0 Å². The van der Waals surface area contributed by atoms with Gasteiger partial charge in [0.1, 0.15) is 0 Å². The molecule has 0 heterocycles. The number of carboxylic acids is 1. The number of hydrogen-bond acceptors (Lipinski definition) is 2. The van der Waals surface area contributed by atoms with Crippen LogP contribution in [0.4, 0.5) is 0 Å². The fraction of sp³-hybridized carbons (Fsp3) is 0.118. The molecular formula is C17H13LiO2. The van der Waals surface area contributed by atoms with Crippen molar-refractivity contribution in [1.29, 1.82) is 0 Å².